The molecule has 7 nitrogen and oxygen atoms in total. The fraction of sp³-hybridized carbons (Fsp3) is 0.714. The van der Waals surface area contributed by atoms with E-state index in [1.807, 2.05) is 24.3 Å². The number of aliphatic carboxylic acids is 1. The Balaban J connectivity index is 2.55. The van der Waals surface area contributed by atoms with Crippen molar-refractivity contribution in [3.8, 4) is 11.5 Å². The number of aromatic hydroxyl groups is 2. The topological polar surface area (TPSA) is 107 Å². The van der Waals surface area contributed by atoms with Crippen LogP contribution >= 0.6 is 0 Å². The Morgan fingerprint density at radius 2 is 1.07 bits per heavy atom. The molecule has 0 bridgehead atoms. The molecule has 0 radical (unpaired) electrons. The quantitative estimate of drug-likeness (QED) is 0.163. The third-order valence-electron chi connectivity index (χ3n) is 14.1. The van der Waals surface area contributed by atoms with E-state index in [9.17, 15) is 20.1 Å². The van der Waals surface area contributed by atoms with Gasteiger partial charge in [0.15, 0.2) is 5.92 Å². The summed E-state index contributed by atoms with van der Waals surface area (Å²) in [5, 5.41) is 35.1. The van der Waals surface area contributed by atoms with E-state index < -0.39 is 68.3 Å². The molecule has 1 aliphatic heterocycles. The maximum absolute atomic E-state index is 15.1. The summed E-state index contributed by atoms with van der Waals surface area (Å²) in [6.45, 7) is 40.3. The van der Waals surface area contributed by atoms with Gasteiger partial charge < -0.3 is 25.0 Å². The van der Waals surface area contributed by atoms with Crippen LogP contribution in [0.5, 0.6) is 11.5 Å². The van der Waals surface area contributed by atoms with Crippen LogP contribution in [0, 0.1) is 16.7 Å². The van der Waals surface area contributed by atoms with Crippen LogP contribution in [0.4, 0.5) is 0 Å². The summed E-state index contributed by atoms with van der Waals surface area (Å²) in [5.41, 5.74) is 1.22. The van der Waals surface area contributed by atoms with Gasteiger partial charge in [0.25, 0.3) is 0 Å². The van der Waals surface area contributed by atoms with Crippen molar-refractivity contribution in [2.24, 2.45) is 16.7 Å². The zero-order chi connectivity index (χ0) is 43.5. The SMILES string of the molecule is CCCC(C(C(=O)O)C(=O)OC1CCN(C)C(C)(C)C1(C)C)(C(C)c1cc(C(C)(C)C)c(O)c(C(C)(C)C)c1)C(C)c1cc(C(C)(C)C)c(O)c(C(C)(C)C)c1. The number of nitrogens with zero attached hydrogens (tertiary/aromatic N) is 1. The van der Waals surface area contributed by atoms with E-state index in [0.717, 1.165) is 39.9 Å². The molecule has 0 aromatic heterocycles. The van der Waals surface area contributed by atoms with Gasteiger partial charge in [-0.25, -0.2) is 0 Å². The summed E-state index contributed by atoms with van der Waals surface area (Å²) >= 11 is 0. The minimum Gasteiger partial charge on any atom is -0.507 e. The van der Waals surface area contributed by atoms with Crippen LogP contribution in [0.1, 0.15) is 196 Å². The first-order valence-corrected chi connectivity index (χ1v) is 21.0. The van der Waals surface area contributed by atoms with Crippen molar-refractivity contribution < 1.29 is 29.6 Å². The lowest BCUT2D eigenvalue weighted by molar-refractivity contribution is -0.187. The number of carbonyl (C=O) groups excluding carboxylic acids is 1. The Labute approximate surface area is 341 Å². The number of phenols is 2. The molecule has 4 atom stereocenters. The van der Waals surface area contributed by atoms with Crippen molar-refractivity contribution in [3.63, 3.8) is 0 Å². The van der Waals surface area contributed by atoms with Crippen LogP contribution in [0.25, 0.3) is 0 Å². The summed E-state index contributed by atoms with van der Waals surface area (Å²) < 4.78 is 6.56. The van der Waals surface area contributed by atoms with Gasteiger partial charge in [0.2, 0.25) is 0 Å². The van der Waals surface area contributed by atoms with E-state index in [1.54, 1.807) is 0 Å². The van der Waals surface area contributed by atoms with Gasteiger partial charge in [-0.2, -0.15) is 0 Å². The number of phenolic OH excluding ortho intramolecular Hbond substituents is 2. The van der Waals surface area contributed by atoms with Gasteiger partial charge in [0, 0.05) is 22.9 Å². The maximum Gasteiger partial charge on any atom is 0.321 e. The van der Waals surface area contributed by atoms with Crippen LogP contribution in [-0.4, -0.2) is 57.4 Å². The minimum atomic E-state index is -1.53. The highest BCUT2D eigenvalue weighted by Gasteiger charge is 2.58. The van der Waals surface area contributed by atoms with Gasteiger partial charge >= 0.3 is 11.9 Å². The molecule has 316 valence electrons. The first-order valence-electron chi connectivity index (χ1n) is 21.0. The highest BCUT2D eigenvalue weighted by Crippen LogP contribution is 2.58. The van der Waals surface area contributed by atoms with E-state index in [1.165, 1.54) is 0 Å². The molecule has 0 amide bonds. The predicted molar refractivity (Wildman–Crippen MR) is 231 cm³/mol. The van der Waals surface area contributed by atoms with E-state index in [0.29, 0.717) is 19.3 Å². The Morgan fingerprint density at radius 3 is 1.36 bits per heavy atom. The van der Waals surface area contributed by atoms with Crippen LogP contribution in [-0.2, 0) is 36.0 Å². The molecule has 0 spiro atoms. The summed E-state index contributed by atoms with van der Waals surface area (Å²) in [6.07, 6.45) is 1.14. The lowest BCUT2D eigenvalue weighted by Gasteiger charge is -2.55. The van der Waals surface area contributed by atoms with Gasteiger partial charge in [-0.1, -0.05) is 148 Å². The number of benzene rings is 2. The monoisotopic (exact) mass is 778 g/mol. The zero-order valence-corrected chi connectivity index (χ0v) is 39.0. The summed E-state index contributed by atoms with van der Waals surface area (Å²) in [4.78, 5) is 31.6. The largest absolute Gasteiger partial charge is 0.507 e. The van der Waals surface area contributed by atoms with Crippen molar-refractivity contribution >= 4 is 11.9 Å². The number of esters is 1. The molecule has 7 heteroatoms. The number of rotatable bonds is 10. The Morgan fingerprint density at radius 1 is 0.732 bits per heavy atom. The lowest BCUT2D eigenvalue weighted by atomic mass is 9.54. The van der Waals surface area contributed by atoms with E-state index in [2.05, 4.69) is 143 Å². The molecule has 1 heterocycles. The van der Waals surface area contributed by atoms with Gasteiger partial charge in [-0.05, 0) is 101 Å². The number of carboxylic acids is 1. The van der Waals surface area contributed by atoms with Crippen LogP contribution in [0.3, 0.4) is 0 Å². The zero-order valence-electron chi connectivity index (χ0n) is 39.0. The second kappa shape index (κ2) is 15.6. The molecule has 0 aliphatic carbocycles. The second-order valence-electron chi connectivity index (χ2n) is 22.4. The number of piperidine rings is 1. The Bertz CT molecular complexity index is 1600. The number of carbonyl (C=O) groups is 2. The third-order valence-corrected chi connectivity index (χ3v) is 14.1. The van der Waals surface area contributed by atoms with Crippen molar-refractivity contribution in [3.05, 3.63) is 57.6 Å². The highest BCUT2D eigenvalue weighted by molar-refractivity contribution is 5.95. The van der Waals surface area contributed by atoms with Crippen LogP contribution < -0.4 is 0 Å². The molecular weight excluding hydrogens is 699 g/mol. The fourth-order valence-electron chi connectivity index (χ4n) is 9.41. The molecule has 4 unspecified atom stereocenters. The molecule has 56 heavy (non-hydrogen) atoms. The predicted octanol–water partition coefficient (Wildman–Crippen LogP) is 11.7. The average Bonchev–Trinajstić information content (AvgIpc) is 3.02. The summed E-state index contributed by atoms with van der Waals surface area (Å²) in [5.74, 6) is -3.91. The average molecular weight is 778 g/mol. The van der Waals surface area contributed by atoms with Crippen molar-refractivity contribution in [1.29, 1.82) is 0 Å². The molecule has 3 rings (SSSR count). The van der Waals surface area contributed by atoms with Crippen molar-refractivity contribution in [2.75, 3.05) is 13.6 Å². The molecule has 2 aromatic carbocycles. The standard InChI is InChI=1S/C49H79NO6/c1-21-23-49(29(2)31-25-33(43(4,5)6)39(51)34(26-31)44(7,8)9,30(3)32-27-35(45(10,11)12)40(52)36(28-32)46(13,14)15)38(41(53)54)42(55)56-37-22-24-50(20)48(18,19)47(37,16)17/h25-30,37-38,51-52H,21-24H2,1-20H3,(H,53,54). The van der Waals surface area contributed by atoms with Gasteiger partial charge in [-0.15, -0.1) is 0 Å². The number of hydrogen-bond acceptors (Lipinski definition) is 6. The van der Waals surface area contributed by atoms with Crippen molar-refractivity contribution in [2.45, 2.75) is 196 Å². The summed E-state index contributed by atoms with van der Waals surface area (Å²) in [7, 11) is 2.08. The van der Waals surface area contributed by atoms with Crippen LogP contribution in [0.2, 0.25) is 0 Å². The fourth-order valence-corrected chi connectivity index (χ4v) is 9.41. The smallest absolute Gasteiger partial charge is 0.321 e. The van der Waals surface area contributed by atoms with Gasteiger partial charge in [0.05, 0.1) is 0 Å². The maximum atomic E-state index is 15.1. The molecular formula is C49H79NO6. The second-order valence-corrected chi connectivity index (χ2v) is 22.4. The van der Waals surface area contributed by atoms with Gasteiger partial charge in [0.1, 0.15) is 17.6 Å². The lowest BCUT2D eigenvalue weighted by Crippen LogP contribution is -2.63. The minimum absolute atomic E-state index is 0.250. The molecule has 1 saturated heterocycles. The number of likely N-dealkylation sites (tertiary alicyclic amines) is 1. The number of hydrogen-bond donors (Lipinski definition) is 3. The molecule has 1 aliphatic rings. The molecule has 3 N–H and O–H groups in total. The first-order chi connectivity index (χ1) is 25.1. The van der Waals surface area contributed by atoms with E-state index in [-0.39, 0.29) is 17.0 Å². The first kappa shape index (κ1) is 47.3. The van der Waals surface area contributed by atoms with Crippen LogP contribution in [0.15, 0.2) is 24.3 Å². The third kappa shape index (κ3) is 8.69. The Hall–Kier alpha value is -3.06. The molecule has 0 saturated carbocycles. The van der Waals surface area contributed by atoms with E-state index >= 15 is 4.79 Å². The molecule has 1 fully saturated rings. The van der Waals surface area contributed by atoms with E-state index in [4.69, 9.17) is 4.74 Å². The van der Waals surface area contributed by atoms with Crippen molar-refractivity contribution in [1.82, 2.24) is 4.90 Å². The number of carboxylic acid groups (broad SMARTS) is 1. The highest BCUT2D eigenvalue weighted by atomic mass is 16.5. The molecule has 2 aromatic rings. The summed E-state index contributed by atoms with van der Waals surface area (Å²) in [6, 6.07) is 8.16. The Kier molecular flexibility index (Phi) is 13.2. The number of ether oxygens (including phenoxy) is 1. The normalized spacial score (nSPS) is 20.8. The van der Waals surface area contributed by atoms with Gasteiger partial charge in [-0.3, -0.25) is 9.59 Å².